The van der Waals surface area contributed by atoms with Crippen LogP contribution in [0.25, 0.3) is 0 Å². The maximum Gasteiger partial charge on any atom is 0.469 e. The van der Waals surface area contributed by atoms with Crippen molar-refractivity contribution in [2.75, 3.05) is 13.2 Å². The van der Waals surface area contributed by atoms with Gasteiger partial charge in [0, 0.05) is 12.8 Å². The number of carbonyl (C=O) groups is 2. The summed E-state index contributed by atoms with van der Waals surface area (Å²) in [5, 5.41) is 10.2. The van der Waals surface area contributed by atoms with Crippen LogP contribution >= 0.6 is 7.82 Å². The van der Waals surface area contributed by atoms with Crippen LogP contribution < -0.4 is 0 Å². The molecule has 0 fully saturated rings. The van der Waals surface area contributed by atoms with E-state index in [4.69, 9.17) is 19.3 Å². The van der Waals surface area contributed by atoms with Gasteiger partial charge in [0.2, 0.25) is 0 Å². The van der Waals surface area contributed by atoms with Crippen molar-refractivity contribution in [1.82, 2.24) is 0 Å². The number of carbonyl (C=O) groups excluding carboxylic acids is 2. The molecule has 0 aliphatic heterocycles. The Morgan fingerprint density at radius 1 is 0.660 bits per heavy atom. The molecular weight excluding hydrogens is 655 g/mol. The Morgan fingerprint density at radius 2 is 1.20 bits per heavy atom. The van der Waals surface area contributed by atoms with E-state index in [-0.39, 0.29) is 19.4 Å². The summed E-state index contributed by atoms with van der Waals surface area (Å²) in [5.41, 5.74) is 0. The second kappa shape index (κ2) is 33.8. The molecule has 3 N–H and O–H groups in total. The standard InChI is InChI=1S/C40H69O9P/c1-4-6-7-8-9-10-11-12-13-17-20-23-26-30-37(41)31-28-33-40(43)49-38(35-48-50(44,45)46)34-47-39(42)32-27-24-21-18-15-14-16-19-22-25-29-36(3)5-2/h6-7,9-10,12-13,20,23,26,30,36-38,41H,4-5,8,11,14-19,21-22,24-25,27-29,31-35H2,1-3H3,(H2,44,45,46)/b7-6-,10-9-,13-12-,23-20-,30-26+/t36?,37?,38-/m1/s1. The number of hydrogen-bond acceptors (Lipinski definition) is 7. The SMILES string of the molecule is CC/C=C\C/C=C\C/C=C\C/C=C\C=C\C(O)CCCC(=O)O[C@H](COC(=O)CCCCCCCCCCCCC(C)CC)COP(=O)(O)O. The molecule has 50 heavy (non-hydrogen) atoms. The normalized spacial score (nSPS) is 14.4. The Balaban J connectivity index is 4.20. The second-order valence-electron chi connectivity index (χ2n) is 13.0. The molecule has 0 aliphatic carbocycles. The summed E-state index contributed by atoms with van der Waals surface area (Å²) in [5.74, 6) is -0.254. The average Bonchev–Trinajstić information content (AvgIpc) is 3.07. The Kier molecular flexibility index (Phi) is 32.3. The van der Waals surface area contributed by atoms with Crippen molar-refractivity contribution in [1.29, 1.82) is 0 Å². The smallest absolute Gasteiger partial charge is 0.462 e. The Bertz CT molecular complexity index is 1030. The molecule has 0 saturated heterocycles. The molecule has 0 heterocycles. The van der Waals surface area contributed by atoms with Crippen molar-refractivity contribution < 1.29 is 43.0 Å². The van der Waals surface area contributed by atoms with Crippen molar-refractivity contribution in [3.05, 3.63) is 60.8 Å². The average molecular weight is 725 g/mol. The molecule has 9 nitrogen and oxygen atoms in total. The molecule has 0 radical (unpaired) electrons. The first-order chi connectivity index (χ1) is 24.1. The van der Waals surface area contributed by atoms with Crippen molar-refractivity contribution in [3.63, 3.8) is 0 Å². The van der Waals surface area contributed by atoms with Gasteiger partial charge in [0.1, 0.15) is 6.61 Å². The highest BCUT2D eigenvalue weighted by molar-refractivity contribution is 7.46. The van der Waals surface area contributed by atoms with Gasteiger partial charge in [-0.3, -0.25) is 14.1 Å². The summed E-state index contributed by atoms with van der Waals surface area (Å²) >= 11 is 0. The first-order valence-corrected chi connectivity index (χ1v) is 20.6. The number of ether oxygens (including phenoxy) is 2. The Morgan fingerprint density at radius 3 is 1.78 bits per heavy atom. The highest BCUT2D eigenvalue weighted by Gasteiger charge is 2.23. The van der Waals surface area contributed by atoms with E-state index < -0.39 is 38.6 Å². The van der Waals surface area contributed by atoms with Crippen LogP contribution in [0.4, 0.5) is 0 Å². The number of hydrogen-bond donors (Lipinski definition) is 3. The fourth-order valence-corrected chi connectivity index (χ4v) is 5.32. The van der Waals surface area contributed by atoms with Crippen molar-refractivity contribution in [2.24, 2.45) is 5.92 Å². The Labute approximate surface area is 303 Å². The van der Waals surface area contributed by atoms with E-state index in [1.165, 1.54) is 51.4 Å². The molecule has 3 atom stereocenters. The largest absolute Gasteiger partial charge is 0.469 e. The molecule has 0 aromatic heterocycles. The van der Waals surface area contributed by atoms with Crippen LogP contribution in [0.5, 0.6) is 0 Å². The molecule has 0 aromatic carbocycles. The minimum absolute atomic E-state index is 0.0204. The highest BCUT2D eigenvalue weighted by Crippen LogP contribution is 2.36. The van der Waals surface area contributed by atoms with E-state index in [0.717, 1.165) is 50.9 Å². The molecule has 0 bridgehead atoms. The molecular formula is C40H69O9P. The fourth-order valence-electron chi connectivity index (χ4n) is 4.96. The lowest BCUT2D eigenvalue weighted by molar-refractivity contribution is -0.161. The van der Waals surface area contributed by atoms with Gasteiger partial charge in [-0.25, -0.2) is 4.57 Å². The third kappa shape index (κ3) is 35.5. The molecule has 0 amide bonds. The minimum atomic E-state index is -4.81. The van der Waals surface area contributed by atoms with Gasteiger partial charge < -0.3 is 24.4 Å². The van der Waals surface area contributed by atoms with Gasteiger partial charge in [-0.1, -0.05) is 152 Å². The number of esters is 2. The van der Waals surface area contributed by atoms with Crippen LogP contribution in [0.2, 0.25) is 0 Å². The van der Waals surface area contributed by atoms with Crippen LogP contribution in [-0.2, 0) is 28.2 Å². The Hall–Kier alpha value is -2.29. The van der Waals surface area contributed by atoms with Crippen LogP contribution in [0.3, 0.4) is 0 Å². The summed E-state index contributed by atoms with van der Waals surface area (Å²) in [6, 6.07) is 0. The van der Waals surface area contributed by atoms with Gasteiger partial charge in [0.15, 0.2) is 6.10 Å². The molecule has 0 aliphatic rings. The van der Waals surface area contributed by atoms with Gasteiger partial charge in [-0.2, -0.15) is 0 Å². The summed E-state index contributed by atoms with van der Waals surface area (Å²) < 4.78 is 26.2. The van der Waals surface area contributed by atoms with E-state index in [9.17, 15) is 19.3 Å². The number of unbranched alkanes of at least 4 members (excludes halogenated alkanes) is 9. The van der Waals surface area contributed by atoms with Crippen molar-refractivity contribution in [2.45, 2.75) is 161 Å². The number of allylic oxidation sites excluding steroid dienone is 9. The third-order valence-electron chi connectivity index (χ3n) is 8.20. The van der Waals surface area contributed by atoms with E-state index >= 15 is 0 Å². The number of rotatable bonds is 33. The van der Waals surface area contributed by atoms with E-state index in [2.05, 4.69) is 61.8 Å². The molecule has 0 rings (SSSR count). The summed E-state index contributed by atoms with van der Waals surface area (Å²) in [7, 11) is -4.81. The van der Waals surface area contributed by atoms with Gasteiger partial charge in [-0.15, -0.1) is 0 Å². The molecule has 10 heteroatoms. The monoisotopic (exact) mass is 724 g/mol. The quantitative estimate of drug-likeness (QED) is 0.0198. The zero-order valence-electron chi connectivity index (χ0n) is 31.3. The number of aliphatic hydroxyl groups excluding tert-OH is 1. The minimum Gasteiger partial charge on any atom is -0.462 e. The first kappa shape index (κ1) is 47.7. The van der Waals surface area contributed by atoms with Gasteiger partial charge in [0.05, 0.1) is 12.7 Å². The third-order valence-corrected chi connectivity index (χ3v) is 8.68. The van der Waals surface area contributed by atoms with Crippen LogP contribution in [0.1, 0.15) is 149 Å². The van der Waals surface area contributed by atoms with Crippen LogP contribution in [0.15, 0.2) is 60.8 Å². The predicted octanol–water partition coefficient (Wildman–Crippen LogP) is 10.2. The fraction of sp³-hybridized carbons (Fsp3) is 0.700. The second-order valence-corrected chi connectivity index (χ2v) is 14.2. The summed E-state index contributed by atoms with van der Waals surface area (Å²) in [6.07, 6.45) is 36.9. The van der Waals surface area contributed by atoms with Gasteiger partial charge in [-0.05, 0) is 50.9 Å². The zero-order chi connectivity index (χ0) is 37.1. The van der Waals surface area contributed by atoms with Crippen molar-refractivity contribution in [3.8, 4) is 0 Å². The molecule has 0 aromatic rings. The van der Waals surface area contributed by atoms with E-state index in [0.29, 0.717) is 19.3 Å². The van der Waals surface area contributed by atoms with Crippen LogP contribution in [-0.4, -0.2) is 52.3 Å². The highest BCUT2D eigenvalue weighted by atomic mass is 31.2. The molecule has 0 spiro atoms. The lowest BCUT2D eigenvalue weighted by Gasteiger charge is -2.18. The molecule has 288 valence electrons. The molecule has 2 unspecified atom stereocenters. The van der Waals surface area contributed by atoms with Crippen molar-refractivity contribution >= 4 is 19.8 Å². The maximum atomic E-state index is 12.4. The van der Waals surface area contributed by atoms with Gasteiger partial charge in [0.25, 0.3) is 0 Å². The van der Waals surface area contributed by atoms with E-state index in [1.54, 1.807) is 12.2 Å². The number of phosphoric ester groups is 1. The number of phosphoric acid groups is 1. The lowest BCUT2D eigenvalue weighted by atomic mass is 9.99. The topological polar surface area (TPSA) is 140 Å². The van der Waals surface area contributed by atoms with Gasteiger partial charge >= 0.3 is 19.8 Å². The zero-order valence-corrected chi connectivity index (χ0v) is 32.2. The predicted molar refractivity (Wildman–Crippen MR) is 203 cm³/mol. The lowest BCUT2D eigenvalue weighted by Crippen LogP contribution is -2.29. The summed E-state index contributed by atoms with van der Waals surface area (Å²) in [6.45, 7) is 5.73. The molecule has 0 saturated carbocycles. The number of aliphatic hydroxyl groups is 1. The summed E-state index contributed by atoms with van der Waals surface area (Å²) in [4.78, 5) is 42.7. The maximum absolute atomic E-state index is 12.4. The first-order valence-electron chi connectivity index (χ1n) is 19.1. The van der Waals surface area contributed by atoms with E-state index in [1.807, 2.05) is 12.2 Å². The van der Waals surface area contributed by atoms with Crippen LogP contribution in [0, 0.1) is 5.92 Å².